The van der Waals surface area contributed by atoms with E-state index >= 15 is 0 Å². The number of thioether (sulfide) groups is 1. The standard InChI is InChI=1S/C13H18ClNOS/c1-17-11-6-5-10(7-11)15-8-9-3-2-4-12(14)13(9)16/h2-4,10-11,15-16H,5-8H2,1H3. The number of rotatable bonds is 4. The molecule has 1 aromatic carbocycles. The second-order valence-corrected chi connectivity index (χ2v) is 6.04. The molecule has 0 amide bonds. The van der Waals surface area contributed by atoms with Crippen LogP contribution in [0, 0.1) is 0 Å². The van der Waals surface area contributed by atoms with Gasteiger partial charge in [-0.05, 0) is 31.6 Å². The van der Waals surface area contributed by atoms with E-state index in [0.717, 1.165) is 10.8 Å². The van der Waals surface area contributed by atoms with Crippen LogP contribution in [0.2, 0.25) is 5.02 Å². The van der Waals surface area contributed by atoms with Gasteiger partial charge in [-0.25, -0.2) is 0 Å². The monoisotopic (exact) mass is 271 g/mol. The molecule has 1 saturated carbocycles. The molecule has 1 aliphatic rings. The summed E-state index contributed by atoms with van der Waals surface area (Å²) in [6.45, 7) is 0.693. The number of hydrogen-bond donors (Lipinski definition) is 2. The number of halogens is 1. The lowest BCUT2D eigenvalue weighted by Crippen LogP contribution is -2.26. The van der Waals surface area contributed by atoms with Gasteiger partial charge in [-0.3, -0.25) is 0 Å². The molecule has 2 nitrogen and oxygen atoms in total. The fraction of sp³-hybridized carbons (Fsp3) is 0.538. The molecule has 0 aliphatic heterocycles. The van der Waals surface area contributed by atoms with Crippen LogP contribution in [0.3, 0.4) is 0 Å². The van der Waals surface area contributed by atoms with Gasteiger partial charge in [0.05, 0.1) is 5.02 Å². The number of phenolic OH excluding ortho intramolecular Hbond substituents is 1. The van der Waals surface area contributed by atoms with Crippen molar-refractivity contribution < 1.29 is 5.11 Å². The van der Waals surface area contributed by atoms with Gasteiger partial charge in [0, 0.05) is 23.4 Å². The first-order chi connectivity index (χ1) is 8.20. The van der Waals surface area contributed by atoms with E-state index in [4.69, 9.17) is 11.6 Å². The average molecular weight is 272 g/mol. The maximum absolute atomic E-state index is 9.79. The molecule has 0 spiro atoms. The maximum atomic E-state index is 9.79. The lowest BCUT2D eigenvalue weighted by Gasteiger charge is -2.13. The summed E-state index contributed by atoms with van der Waals surface area (Å²) < 4.78 is 0. The molecule has 1 aromatic rings. The lowest BCUT2D eigenvalue weighted by molar-refractivity contribution is 0.456. The normalized spacial score (nSPS) is 24.1. The van der Waals surface area contributed by atoms with E-state index in [1.165, 1.54) is 19.3 Å². The fourth-order valence-corrected chi connectivity index (χ4v) is 3.29. The molecule has 0 aromatic heterocycles. The van der Waals surface area contributed by atoms with E-state index in [0.29, 0.717) is 17.6 Å². The Morgan fingerprint density at radius 2 is 2.29 bits per heavy atom. The van der Waals surface area contributed by atoms with Gasteiger partial charge >= 0.3 is 0 Å². The number of aromatic hydroxyl groups is 1. The number of benzene rings is 1. The Morgan fingerprint density at radius 3 is 3.00 bits per heavy atom. The van der Waals surface area contributed by atoms with Crippen LogP contribution in [0.1, 0.15) is 24.8 Å². The van der Waals surface area contributed by atoms with Crippen molar-refractivity contribution in [3.8, 4) is 5.75 Å². The zero-order chi connectivity index (χ0) is 12.3. The third kappa shape index (κ3) is 3.30. The Bertz CT molecular complexity index is 386. The Balaban J connectivity index is 1.88. The molecule has 0 radical (unpaired) electrons. The molecule has 4 heteroatoms. The van der Waals surface area contributed by atoms with Crippen molar-refractivity contribution in [1.82, 2.24) is 5.32 Å². The minimum atomic E-state index is 0.209. The van der Waals surface area contributed by atoms with E-state index in [-0.39, 0.29) is 5.75 Å². The Morgan fingerprint density at radius 1 is 1.47 bits per heavy atom. The molecule has 2 unspecified atom stereocenters. The van der Waals surface area contributed by atoms with Crippen LogP contribution in [-0.4, -0.2) is 22.7 Å². The molecule has 0 saturated heterocycles. The lowest BCUT2D eigenvalue weighted by atomic mass is 10.1. The van der Waals surface area contributed by atoms with Crippen molar-refractivity contribution in [2.24, 2.45) is 0 Å². The topological polar surface area (TPSA) is 32.3 Å². The second-order valence-electron chi connectivity index (χ2n) is 4.50. The summed E-state index contributed by atoms with van der Waals surface area (Å²) in [5, 5.41) is 14.5. The van der Waals surface area contributed by atoms with Gasteiger partial charge in [0.25, 0.3) is 0 Å². The van der Waals surface area contributed by atoms with Gasteiger partial charge in [0.1, 0.15) is 5.75 Å². The molecule has 17 heavy (non-hydrogen) atoms. The van der Waals surface area contributed by atoms with Gasteiger partial charge in [0.2, 0.25) is 0 Å². The summed E-state index contributed by atoms with van der Waals surface area (Å²) >= 11 is 7.83. The van der Waals surface area contributed by atoms with Gasteiger partial charge in [-0.15, -0.1) is 0 Å². The Kier molecular flexibility index (Phi) is 4.60. The SMILES string of the molecule is CSC1CCC(NCc2cccc(Cl)c2O)C1. The van der Waals surface area contributed by atoms with Crippen molar-refractivity contribution in [2.75, 3.05) is 6.26 Å². The molecule has 2 N–H and O–H groups in total. The number of hydrogen-bond acceptors (Lipinski definition) is 3. The van der Waals surface area contributed by atoms with Crippen LogP contribution in [-0.2, 0) is 6.54 Å². The second kappa shape index (κ2) is 5.98. The van der Waals surface area contributed by atoms with Gasteiger partial charge in [0.15, 0.2) is 0 Å². The minimum absolute atomic E-state index is 0.209. The molecule has 94 valence electrons. The summed E-state index contributed by atoms with van der Waals surface area (Å²) in [6.07, 6.45) is 5.92. The highest BCUT2D eigenvalue weighted by atomic mass is 35.5. The van der Waals surface area contributed by atoms with E-state index in [1.807, 2.05) is 23.9 Å². The third-order valence-electron chi connectivity index (χ3n) is 3.37. The van der Waals surface area contributed by atoms with Crippen LogP contribution in [0.5, 0.6) is 5.75 Å². The van der Waals surface area contributed by atoms with E-state index in [2.05, 4.69) is 11.6 Å². The maximum Gasteiger partial charge on any atom is 0.138 e. The van der Waals surface area contributed by atoms with Crippen molar-refractivity contribution in [2.45, 2.75) is 37.1 Å². The Labute approximate surface area is 112 Å². The van der Waals surface area contributed by atoms with Crippen molar-refractivity contribution in [1.29, 1.82) is 0 Å². The first kappa shape index (κ1) is 13.1. The zero-order valence-corrected chi connectivity index (χ0v) is 11.5. The number of phenols is 1. The minimum Gasteiger partial charge on any atom is -0.506 e. The van der Waals surface area contributed by atoms with Crippen molar-refractivity contribution >= 4 is 23.4 Å². The molecular weight excluding hydrogens is 254 g/mol. The van der Waals surface area contributed by atoms with Crippen LogP contribution in [0.25, 0.3) is 0 Å². The molecule has 2 atom stereocenters. The molecule has 1 aliphatic carbocycles. The molecule has 1 fully saturated rings. The first-order valence-corrected chi connectivity index (χ1v) is 7.60. The number of nitrogens with one attached hydrogen (secondary N) is 1. The summed E-state index contributed by atoms with van der Waals surface area (Å²) in [6, 6.07) is 6.07. The van der Waals surface area contributed by atoms with Crippen LogP contribution in [0.4, 0.5) is 0 Å². The smallest absolute Gasteiger partial charge is 0.138 e. The quantitative estimate of drug-likeness (QED) is 0.880. The summed E-state index contributed by atoms with van der Waals surface area (Å²) in [5.74, 6) is 0.209. The van der Waals surface area contributed by atoms with Crippen LogP contribution in [0.15, 0.2) is 18.2 Å². The van der Waals surface area contributed by atoms with Gasteiger partial charge in [-0.1, -0.05) is 23.7 Å². The largest absolute Gasteiger partial charge is 0.506 e. The first-order valence-electron chi connectivity index (χ1n) is 5.93. The van der Waals surface area contributed by atoms with Crippen molar-refractivity contribution in [3.05, 3.63) is 28.8 Å². The molecule has 2 rings (SSSR count). The zero-order valence-electron chi connectivity index (χ0n) is 9.95. The molecule has 0 heterocycles. The highest BCUT2D eigenvalue weighted by molar-refractivity contribution is 7.99. The predicted octanol–water partition coefficient (Wildman–Crippen LogP) is 3.42. The van der Waals surface area contributed by atoms with Crippen LogP contribution >= 0.6 is 23.4 Å². The van der Waals surface area contributed by atoms with E-state index in [1.54, 1.807) is 6.07 Å². The number of para-hydroxylation sites is 1. The highest BCUT2D eigenvalue weighted by Crippen LogP contribution is 2.30. The van der Waals surface area contributed by atoms with Gasteiger partial charge in [-0.2, -0.15) is 11.8 Å². The van der Waals surface area contributed by atoms with E-state index in [9.17, 15) is 5.11 Å². The summed E-state index contributed by atoms with van der Waals surface area (Å²) in [5.41, 5.74) is 0.880. The summed E-state index contributed by atoms with van der Waals surface area (Å²) in [4.78, 5) is 0. The average Bonchev–Trinajstić information content (AvgIpc) is 2.79. The predicted molar refractivity (Wildman–Crippen MR) is 74.9 cm³/mol. The van der Waals surface area contributed by atoms with E-state index < -0.39 is 0 Å². The third-order valence-corrected chi connectivity index (χ3v) is 4.77. The molecular formula is C13H18ClNOS. The fourth-order valence-electron chi connectivity index (χ4n) is 2.30. The van der Waals surface area contributed by atoms with Crippen LogP contribution < -0.4 is 5.32 Å². The van der Waals surface area contributed by atoms with Crippen molar-refractivity contribution in [3.63, 3.8) is 0 Å². The summed E-state index contributed by atoms with van der Waals surface area (Å²) in [7, 11) is 0. The Hall–Kier alpha value is -0.380. The highest BCUT2D eigenvalue weighted by Gasteiger charge is 2.23. The van der Waals surface area contributed by atoms with Gasteiger partial charge < -0.3 is 10.4 Å². The molecule has 0 bridgehead atoms.